The summed E-state index contributed by atoms with van der Waals surface area (Å²) in [4.78, 5) is 0. The quantitative estimate of drug-likeness (QED) is 0.458. The fourth-order valence-corrected chi connectivity index (χ4v) is 0.388. The first-order valence-corrected chi connectivity index (χ1v) is 2.77. The summed E-state index contributed by atoms with van der Waals surface area (Å²) in [6, 6.07) is 0. The monoisotopic (exact) mass is 656 g/mol. The topological polar surface area (TPSA) is 49.7 Å². The number of aliphatic hydroxyl groups excluding tert-OH is 2. The molecule has 0 saturated carbocycles. The molecule has 0 bridgehead atoms. The van der Waals surface area contributed by atoms with Crippen LogP contribution in [0.25, 0.3) is 0 Å². The number of aliphatic hydroxyl groups is 2. The second kappa shape index (κ2) is 36.0. The molecule has 100 valence electrons. The van der Waals surface area contributed by atoms with E-state index in [9.17, 15) is 0 Å². The van der Waals surface area contributed by atoms with Crippen molar-refractivity contribution < 1.29 is 80.4 Å². The molecule has 0 unspecified atom stereocenters. The molecule has 0 heterocycles. The summed E-state index contributed by atoms with van der Waals surface area (Å²) in [7, 11) is 3.14. The smallest absolute Gasteiger partial charge is 0.0527 e. The molecule has 0 rings (SSSR count). The third-order valence-corrected chi connectivity index (χ3v) is 1.21. The Morgan fingerprint density at radius 3 is 1.29 bits per heavy atom. The second-order valence-corrected chi connectivity index (χ2v) is 2.48. The SMILES string of the molecule is C.C.C.[CH2-]OCC(C)(CO)CO.[CH3+].[CH3+].[Rf].[Y].[Y]. The van der Waals surface area contributed by atoms with Gasteiger partial charge in [-0.1, -0.05) is 29.2 Å². The number of hydrogen-bond donors (Lipinski definition) is 2. The Labute approximate surface area is 155 Å². The van der Waals surface area contributed by atoms with Gasteiger partial charge in [0.2, 0.25) is 0 Å². The summed E-state index contributed by atoms with van der Waals surface area (Å²) < 4.78 is 4.52. The Bertz CT molecular complexity index is 85.1. The Morgan fingerprint density at radius 1 is 1.00 bits per heavy atom. The van der Waals surface area contributed by atoms with Crippen molar-refractivity contribution in [2.75, 3.05) is 19.8 Å². The zero-order valence-electron chi connectivity index (χ0n) is 9.49. The van der Waals surface area contributed by atoms with Crippen molar-refractivity contribution in [2.24, 2.45) is 5.41 Å². The first kappa shape index (κ1) is 64.8. The van der Waals surface area contributed by atoms with Crippen molar-refractivity contribution in [3.8, 4) is 0 Å². The van der Waals surface area contributed by atoms with Crippen LogP contribution in [-0.4, -0.2) is 30.0 Å². The molecular weight excluding hydrogens is 625 g/mol. The standard InChI is InChI=1S/C6H13O3.3CH4.2CH3.Rf.2Y/c1-6(3-7,4-8)5-9-2;;;;;;;;/h7-8H,2-5H2,1H3;3*1H4;2*1H3;;;/q-1;;;;2*+1;;;. The van der Waals surface area contributed by atoms with Gasteiger partial charge in [0.25, 0.3) is 0 Å². The molecule has 0 saturated heterocycles. The van der Waals surface area contributed by atoms with E-state index < -0.39 is 5.41 Å². The van der Waals surface area contributed by atoms with Gasteiger partial charge >= 0.3 is 0 Å². The van der Waals surface area contributed by atoms with Crippen LogP contribution in [0.15, 0.2) is 0 Å². The molecule has 2 N–H and O–H groups in total. The Kier molecular flexibility index (Phi) is 137. The van der Waals surface area contributed by atoms with Crippen molar-refractivity contribution in [2.45, 2.75) is 29.2 Å². The van der Waals surface area contributed by atoms with Crippen LogP contribution in [0.1, 0.15) is 29.2 Å². The third kappa shape index (κ3) is 31.6. The van der Waals surface area contributed by atoms with E-state index in [4.69, 9.17) is 10.2 Å². The minimum absolute atomic E-state index is 0. The average molecular weight is 656 g/mol. The van der Waals surface area contributed by atoms with E-state index >= 15 is 0 Å². The van der Waals surface area contributed by atoms with Crippen molar-refractivity contribution in [1.82, 2.24) is 0 Å². The minimum atomic E-state index is -0.540. The largest absolute Gasteiger partial charge is 0.554 e. The zero-order valence-corrected chi connectivity index (χ0v) is 21.6. The fraction of sp³-hybridized carbons (Fsp3) is 0.727. The van der Waals surface area contributed by atoms with E-state index in [0.717, 1.165) is 0 Å². The number of rotatable bonds is 4. The molecule has 0 aromatic heterocycles. The molecule has 17 heavy (non-hydrogen) atoms. The summed E-state index contributed by atoms with van der Waals surface area (Å²) in [5.74, 6) is 0. The van der Waals surface area contributed by atoms with Crippen LogP contribution in [0.5, 0.6) is 0 Å². The van der Waals surface area contributed by atoms with Crippen LogP contribution >= 0.6 is 0 Å². The first-order valence-electron chi connectivity index (χ1n) is 2.77. The fourth-order valence-electron chi connectivity index (χ4n) is 0.388. The molecule has 0 aromatic rings. The van der Waals surface area contributed by atoms with Crippen LogP contribution in [0.2, 0.25) is 0 Å². The van der Waals surface area contributed by atoms with E-state index in [0.29, 0.717) is 0 Å². The van der Waals surface area contributed by atoms with Gasteiger partial charge in [-0.3, -0.25) is 0 Å². The van der Waals surface area contributed by atoms with E-state index in [1.165, 1.54) is 0 Å². The summed E-state index contributed by atoms with van der Waals surface area (Å²) in [6.45, 7) is 1.83. The average Bonchev–Trinajstić information content (AvgIpc) is 1.89. The van der Waals surface area contributed by atoms with E-state index in [2.05, 4.69) is 11.8 Å². The van der Waals surface area contributed by atoms with Gasteiger partial charge in [-0.2, -0.15) is 0 Å². The molecule has 0 amide bonds. The van der Waals surface area contributed by atoms with Crippen LogP contribution in [0, 0.1) is 27.4 Å². The molecule has 0 aliphatic carbocycles. The van der Waals surface area contributed by atoms with Gasteiger partial charge in [0.15, 0.2) is 0 Å². The molecule has 3 nitrogen and oxygen atoms in total. The van der Waals surface area contributed by atoms with Crippen LogP contribution < -0.4 is 0 Å². The molecule has 0 atom stereocenters. The molecular formula is C11H31O3RfY2+. The van der Waals surface area contributed by atoms with Gasteiger partial charge in [0.05, 0.1) is 13.2 Å². The van der Waals surface area contributed by atoms with Gasteiger partial charge in [-0.25, -0.2) is 7.11 Å². The normalized spacial score (nSPS) is 6.35. The molecule has 0 aromatic carbocycles. The predicted molar refractivity (Wildman–Crippen MR) is 66.6 cm³/mol. The Hall–Kier alpha value is 0.828. The molecule has 6 heteroatoms. The Balaban J connectivity index is -0.0000000114. The molecule has 0 aliphatic rings. The molecule has 0 fully saturated rings. The summed E-state index contributed by atoms with van der Waals surface area (Å²) in [5, 5.41) is 17.3. The molecule has 2 radical (unpaired) electrons. The summed E-state index contributed by atoms with van der Waals surface area (Å²) in [6.07, 6.45) is 0. The number of ether oxygens (including phenoxy) is 1. The van der Waals surface area contributed by atoms with Crippen molar-refractivity contribution in [3.05, 3.63) is 22.0 Å². The van der Waals surface area contributed by atoms with Crippen LogP contribution in [-0.2, 0) is 70.2 Å². The molecule has 0 spiro atoms. The Morgan fingerprint density at radius 2 is 1.24 bits per heavy atom. The maximum atomic E-state index is 8.65. The maximum absolute atomic E-state index is 8.65. The number of hydrogen-bond acceptors (Lipinski definition) is 3. The van der Waals surface area contributed by atoms with Gasteiger partial charge in [0.1, 0.15) is 0 Å². The predicted octanol–water partition coefficient (Wildman–Crippen LogP) is 2.59. The van der Waals surface area contributed by atoms with Gasteiger partial charge in [-0.15, -0.1) is 0 Å². The van der Waals surface area contributed by atoms with Crippen molar-refractivity contribution >= 4 is 0 Å². The van der Waals surface area contributed by atoms with Crippen LogP contribution in [0.3, 0.4) is 0 Å². The zero-order chi connectivity index (χ0) is 7.33. The van der Waals surface area contributed by atoms with Gasteiger partial charge < -0.3 is 14.9 Å². The summed E-state index contributed by atoms with van der Waals surface area (Å²) >= 11 is 0. The maximum Gasteiger partial charge on any atom is 0.0527 e. The molecule has 0 aliphatic heterocycles. The van der Waals surface area contributed by atoms with Gasteiger partial charge in [0, 0.05) is 92.3 Å². The van der Waals surface area contributed by atoms with Crippen molar-refractivity contribution in [3.63, 3.8) is 0 Å². The summed E-state index contributed by atoms with van der Waals surface area (Å²) in [5.41, 5.74) is -0.540. The first-order chi connectivity index (χ1) is 4.18. The van der Waals surface area contributed by atoms with Crippen LogP contribution in [0.4, 0.5) is 0 Å². The van der Waals surface area contributed by atoms with Crippen molar-refractivity contribution in [1.29, 1.82) is 0 Å². The van der Waals surface area contributed by atoms with E-state index in [-0.39, 0.29) is 122 Å². The van der Waals surface area contributed by atoms with Gasteiger partial charge in [-0.05, 0) is 0 Å². The third-order valence-electron chi connectivity index (χ3n) is 1.21. The van der Waals surface area contributed by atoms with E-state index in [1.807, 2.05) is 0 Å². The second-order valence-electron chi connectivity index (χ2n) is 2.48. The van der Waals surface area contributed by atoms with E-state index in [1.54, 1.807) is 6.92 Å². The minimum Gasteiger partial charge on any atom is -0.554 e.